The summed E-state index contributed by atoms with van der Waals surface area (Å²) in [6.45, 7) is 7.54. The van der Waals surface area contributed by atoms with Gasteiger partial charge in [0.1, 0.15) is 0 Å². The predicted octanol–water partition coefficient (Wildman–Crippen LogP) is 4.50. The molecule has 2 nitrogen and oxygen atoms in total. The molecule has 19 heavy (non-hydrogen) atoms. The second-order valence-electron chi connectivity index (χ2n) is 6.30. The minimum absolute atomic E-state index is 0.0369. The number of hydrogen-bond acceptors (Lipinski definition) is 1. The molecule has 1 heterocycles. The van der Waals surface area contributed by atoms with Gasteiger partial charge in [-0.2, -0.15) is 0 Å². The molecule has 0 spiro atoms. The fraction of sp³-hybridized carbons (Fsp3) is 0.688. The Bertz CT molecular complexity index is 469. The summed E-state index contributed by atoms with van der Waals surface area (Å²) in [7, 11) is 0. The van der Waals surface area contributed by atoms with Gasteiger partial charge in [-0.3, -0.25) is 4.79 Å². The number of Topliss-reactive ketones (excluding diaryl/α,β-unsaturated/α-hetero) is 1. The molecule has 2 rings (SSSR count). The van der Waals surface area contributed by atoms with Crippen molar-refractivity contribution in [2.45, 2.75) is 59.4 Å². The van der Waals surface area contributed by atoms with Crippen LogP contribution in [0.15, 0.2) is 6.07 Å². The van der Waals surface area contributed by atoms with E-state index in [0.29, 0.717) is 5.41 Å². The Morgan fingerprint density at radius 1 is 1.32 bits per heavy atom. The van der Waals surface area contributed by atoms with E-state index < -0.39 is 0 Å². The number of carbonyl (C=O) groups is 1. The number of rotatable bonds is 4. The fourth-order valence-electron chi connectivity index (χ4n) is 3.34. The Kier molecular flexibility index (Phi) is 4.39. The SMILES string of the molecule is Cc1cc(C(=O)CCl)c(C)n1CC1(C)CCCCC1. The Morgan fingerprint density at radius 2 is 1.95 bits per heavy atom. The Balaban J connectivity index is 2.25. The third kappa shape index (κ3) is 3.05. The number of alkyl halides is 1. The number of ketones is 1. The van der Waals surface area contributed by atoms with Gasteiger partial charge in [-0.25, -0.2) is 0 Å². The van der Waals surface area contributed by atoms with Gasteiger partial charge in [-0.15, -0.1) is 11.6 Å². The van der Waals surface area contributed by atoms with Crippen molar-refractivity contribution in [3.8, 4) is 0 Å². The van der Waals surface area contributed by atoms with Crippen LogP contribution >= 0.6 is 11.6 Å². The lowest BCUT2D eigenvalue weighted by molar-refractivity contribution is 0.102. The molecule has 0 amide bonds. The van der Waals surface area contributed by atoms with Gasteiger partial charge in [0.15, 0.2) is 5.78 Å². The average Bonchev–Trinajstić information content (AvgIpc) is 2.66. The van der Waals surface area contributed by atoms with Crippen molar-refractivity contribution < 1.29 is 4.79 Å². The normalized spacial score (nSPS) is 18.5. The lowest BCUT2D eigenvalue weighted by Crippen LogP contribution is -2.27. The van der Waals surface area contributed by atoms with Crippen molar-refractivity contribution >= 4 is 17.4 Å². The maximum atomic E-state index is 11.8. The van der Waals surface area contributed by atoms with Gasteiger partial charge in [0.25, 0.3) is 0 Å². The first kappa shape index (κ1) is 14.6. The van der Waals surface area contributed by atoms with Gasteiger partial charge < -0.3 is 4.57 Å². The summed E-state index contributed by atoms with van der Waals surface area (Å²) in [6, 6.07) is 1.99. The number of aryl methyl sites for hydroxylation is 1. The van der Waals surface area contributed by atoms with E-state index in [0.717, 1.165) is 17.8 Å². The molecule has 3 heteroatoms. The van der Waals surface area contributed by atoms with E-state index in [4.69, 9.17) is 11.6 Å². The molecule has 0 unspecified atom stereocenters. The molecule has 0 saturated heterocycles. The second kappa shape index (κ2) is 5.70. The number of halogens is 1. The third-order valence-electron chi connectivity index (χ3n) is 4.60. The fourth-order valence-corrected chi connectivity index (χ4v) is 3.49. The zero-order valence-corrected chi connectivity index (χ0v) is 13.0. The summed E-state index contributed by atoms with van der Waals surface area (Å²) < 4.78 is 2.31. The van der Waals surface area contributed by atoms with Gasteiger partial charge in [0.2, 0.25) is 0 Å². The molecule has 0 aromatic carbocycles. The molecule has 1 aliphatic carbocycles. The van der Waals surface area contributed by atoms with E-state index >= 15 is 0 Å². The van der Waals surface area contributed by atoms with Crippen molar-refractivity contribution in [3.05, 3.63) is 23.0 Å². The van der Waals surface area contributed by atoms with Gasteiger partial charge in [0.05, 0.1) is 5.88 Å². The molecule has 0 aliphatic heterocycles. The van der Waals surface area contributed by atoms with E-state index in [9.17, 15) is 4.79 Å². The minimum atomic E-state index is 0.0369. The molecule has 1 aromatic heterocycles. The van der Waals surface area contributed by atoms with Gasteiger partial charge in [-0.1, -0.05) is 26.2 Å². The lowest BCUT2D eigenvalue weighted by Gasteiger charge is -2.35. The van der Waals surface area contributed by atoms with Crippen molar-refractivity contribution in [2.24, 2.45) is 5.41 Å². The van der Waals surface area contributed by atoms with E-state index in [1.54, 1.807) is 0 Å². The van der Waals surface area contributed by atoms with Crippen LogP contribution < -0.4 is 0 Å². The van der Waals surface area contributed by atoms with Crippen molar-refractivity contribution in [1.29, 1.82) is 0 Å². The van der Waals surface area contributed by atoms with Crippen molar-refractivity contribution in [1.82, 2.24) is 4.57 Å². The number of nitrogens with zero attached hydrogens (tertiary/aromatic N) is 1. The van der Waals surface area contributed by atoms with Crippen molar-refractivity contribution in [2.75, 3.05) is 5.88 Å². The highest BCUT2D eigenvalue weighted by Crippen LogP contribution is 2.38. The Morgan fingerprint density at radius 3 is 2.53 bits per heavy atom. The molecular weight excluding hydrogens is 258 g/mol. The minimum Gasteiger partial charge on any atom is -0.348 e. The summed E-state index contributed by atoms with van der Waals surface area (Å²) in [6.07, 6.45) is 6.63. The molecule has 1 fully saturated rings. The molecule has 1 aromatic rings. The number of aromatic nitrogens is 1. The first-order chi connectivity index (χ1) is 8.97. The zero-order chi connectivity index (χ0) is 14.0. The maximum Gasteiger partial charge on any atom is 0.179 e. The standard InChI is InChI=1S/C16H24ClNO/c1-12-9-14(15(19)10-17)13(2)18(12)11-16(3)7-5-4-6-8-16/h9H,4-8,10-11H2,1-3H3. The molecule has 0 radical (unpaired) electrons. The van der Waals surface area contributed by atoms with Crippen LogP contribution in [0.4, 0.5) is 0 Å². The Hall–Kier alpha value is -0.760. The molecule has 1 aliphatic rings. The summed E-state index contributed by atoms with van der Waals surface area (Å²) in [5, 5.41) is 0. The van der Waals surface area contributed by atoms with Crippen molar-refractivity contribution in [3.63, 3.8) is 0 Å². The topological polar surface area (TPSA) is 22.0 Å². The van der Waals surface area contributed by atoms with Crippen LogP contribution in [0.3, 0.4) is 0 Å². The van der Waals surface area contributed by atoms with Crippen LogP contribution in [0.25, 0.3) is 0 Å². The highest BCUT2D eigenvalue weighted by atomic mass is 35.5. The smallest absolute Gasteiger partial charge is 0.179 e. The van der Waals surface area contributed by atoms with Crippen LogP contribution in [0.1, 0.15) is 60.8 Å². The number of hydrogen-bond donors (Lipinski definition) is 0. The van der Waals surface area contributed by atoms with Crippen LogP contribution in [0.5, 0.6) is 0 Å². The molecule has 0 bridgehead atoms. The van der Waals surface area contributed by atoms with E-state index in [1.165, 1.54) is 37.8 Å². The quantitative estimate of drug-likeness (QED) is 0.588. The molecule has 1 saturated carbocycles. The highest BCUT2D eigenvalue weighted by Gasteiger charge is 2.28. The second-order valence-corrected chi connectivity index (χ2v) is 6.57. The van der Waals surface area contributed by atoms with Gasteiger partial charge in [0, 0.05) is 23.5 Å². The van der Waals surface area contributed by atoms with Gasteiger partial charge >= 0.3 is 0 Å². The highest BCUT2D eigenvalue weighted by molar-refractivity contribution is 6.30. The third-order valence-corrected chi connectivity index (χ3v) is 4.84. The zero-order valence-electron chi connectivity index (χ0n) is 12.3. The maximum absolute atomic E-state index is 11.8. The predicted molar refractivity (Wildman–Crippen MR) is 80.1 cm³/mol. The molecule has 0 atom stereocenters. The summed E-state index contributed by atoms with van der Waals surface area (Å²) in [5.74, 6) is 0.108. The molecular formula is C16H24ClNO. The Labute approximate surface area is 121 Å². The monoisotopic (exact) mass is 281 g/mol. The van der Waals surface area contributed by atoms with Crippen LogP contribution in [0.2, 0.25) is 0 Å². The molecule has 0 N–H and O–H groups in total. The van der Waals surface area contributed by atoms with Crippen LogP contribution in [-0.4, -0.2) is 16.2 Å². The summed E-state index contributed by atoms with van der Waals surface area (Å²) in [4.78, 5) is 11.8. The number of carbonyl (C=O) groups excluding carboxylic acids is 1. The first-order valence-electron chi connectivity index (χ1n) is 7.23. The van der Waals surface area contributed by atoms with Gasteiger partial charge in [-0.05, 0) is 38.2 Å². The van der Waals surface area contributed by atoms with E-state index in [2.05, 4.69) is 18.4 Å². The largest absolute Gasteiger partial charge is 0.348 e. The van der Waals surface area contributed by atoms with E-state index in [-0.39, 0.29) is 11.7 Å². The summed E-state index contributed by atoms with van der Waals surface area (Å²) in [5.41, 5.74) is 3.44. The molecule has 106 valence electrons. The average molecular weight is 282 g/mol. The first-order valence-corrected chi connectivity index (χ1v) is 7.76. The van der Waals surface area contributed by atoms with E-state index in [1.807, 2.05) is 13.0 Å². The van der Waals surface area contributed by atoms with Crippen LogP contribution in [-0.2, 0) is 6.54 Å². The summed E-state index contributed by atoms with van der Waals surface area (Å²) >= 11 is 5.68. The van der Waals surface area contributed by atoms with Crippen LogP contribution in [0, 0.1) is 19.3 Å². The lowest BCUT2D eigenvalue weighted by atomic mass is 9.75.